The van der Waals surface area contributed by atoms with Crippen molar-refractivity contribution in [3.05, 3.63) is 41.1 Å². The summed E-state index contributed by atoms with van der Waals surface area (Å²) in [5.74, 6) is -0.643. The second-order valence-electron chi connectivity index (χ2n) is 5.51. The van der Waals surface area contributed by atoms with Crippen molar-refractivity contribution in [1.82, 2.24) is 15.3 Å². The predicted molar refractivity (Wildman–Crippen MR) is 95.5 cm³/mol. The number of benzene rings is 1. The van der Waals surface area contributed by atoms with Gasteiger partial charge in [-0.25, -0.2) is 14.8 Å². The van der Waals surface area contributed by atoms with E-state index in [1.165, 1.54) is 0 Å². The third-order valence-electron chi connectivity index (χ3n) is 3.59. The van der Waals surface area contributed by atoms with Crippen LogP contribution >= 0.6 is 11.3 Å². The first-order valence-electron chi connectivity index (χ1n) is 7.94. The highest BCUT2D eigenvalue weighted by atomic mass is 32.1. The van der Waals surface area contributed by atoms with Gasteiger partial charge in [0.1, 0.15) is 12.0 Å². The summed E-state index contributed by atoms with van der Waals surface area (Å²) < 4.78 is 16.4. The zero-order chi connectivity index (χ0) is 19.4. The summed E-state index contributed by atoms with van der Waals surface area (Å²) in [5, 5.41) is 12.4. The maximum Gasteiger partial charge on any atom is 0.330 e. The Morgan fingerprint density at radius 2 is 2.19 bits per heavy atom. The molecule has 0 aliphatic carbocycles. The number of aliphatic hydroxyl groups excluding tert-OH is 1. The Bertz CT molecular complexity index is 967. The van der Waals surface area contributed by atoms with E-state index in [0.717, 1.165) is 28.6 Å². The summed E-state index contributed by atoms with van der Waals surface area (Å²) in [6.07, 6.45) is 1.15. The van der Waals surface area contributed by atoms with E-state index >= 15 is 0 Å². The lowest BCUT2D eigenvalue weighted by Crippen LogP contribution is -2.44. The van der Waals surface area contributed by atoms with Gasteiger partial charge in [0, 0.05) is 6.07 Å². The van der Waals surface area contributed by atoms with Gasteiger partial charge in [0.15, 0.2) is 18.3 Å². The molecule has 0 radical (unpaired) electrons. The molecular weight excluding hydrogens is 374 g/mol. The quantitative estimate of drug-likeness (QED) is 0.580. The SMILES string of the molecule is COC(=O)[C@@H](CO)NC(=O)c1coc(COc2ccc3sc(C)nc3c2)n1. The minimum atomic E-state index is -1.17. The molecule has 0 saturated heterocycles. The zero-order valence-electron chi connectivity index (χ0n) is 14.6. The van der Waals surface area contributed by atoms with Crippen LogP contribution in [0.25, 0.3) is 10.2 Å². The second kappa shape index (κ2) is 8.14. The van der Waals surface area contributed by atoms with Crippen LogP contribution in [-0.4, -0.2) is 46.7 Å². The molecule has 1 amide bonds. The fourth-order valence-corrected chi connectivity index (χ4v) is 3.10. The van der Waals surface area contributed by atoms with E-state index in [4.69, 9.17) is 14.3 Å². The largest absolute Gasteiger partial charge is 0.484 e. The van der Waals surface area contributed by atoms with Gasteiger partial charge in [0.2, 0.25) is 5.89 Å². The Morgan fingerprint density at radius 3 is 2.93 bits per heavy atom. The van der Waals surface area contributed by atoms with Crippen molar-refractivity contribution in [2.75, 3.05) is 13.7 Å². The topological polar surface area (TPSA) is 124 Å². The van der Waals surface area contributed by atoms with E-state index in [1.807, 2.05) is 25.1 Å². The number of methoxy groups -OCH3 is 1. The molecular formula is C17H17N3O6S. The number of ether oxygens (including phenoxy) is 2. The number of rotatable bonds is 7. The minimum absolute atomic E-state index is 0.0162. The Morgan fingerprint density at radius 1 is 1.37 bits per heavy atom. The first-order chi connectivity index (χ1) is 13.0. The van der Waals surface area contributed by atoms with Gasteiger partial charge in [0.25, 0.3) is 5.91 Å². The number of nitrogens with one attached hydrogen (secondary N) is 1. The molecule has 9 nitrogen and oxygen atoms in total. The number of nitrogens with zero attached hydrogens (tertiary/aromatic N) is 2. The van der Waals surface area contributed by atoms with Crippen molar-refractivity contribution < 1.29 is 28.6 Å². The summed E-state index contributed by atoms with van der Waals surface area (Å²) in [4.78, 5) is 31.9. The van der Waals surface area contributed by atoms with Crippen molar-refractivity contribution in [1.29, 1.82) is 0 Å². The molecule has 142 valence electrons. The molecule has 3 rings (SSSR count). The number of esters is 1. The van der Waals surface area contributed by atoms with Crippen LogP contribution in [0.5, 0.6) is 5.75 Å². The molecule has 2 aromatic heterocycles. The summed E-state index contributed by atoms with van der Waals surface area (Å²) in [7, 11) is 1.16. The van der Waals surface area contributed by atoms with Crippen LogP contribution in [0.1, 0.15) is 21.4 Å². The Labute approximate surface area is 157 Å². The lowest BCUT2D eigenvalue weighted by molar-refractivity contribution is -0.143. The Hall–Kier alpha value is -2.98. The molecule has 3 aromatic rings. The van der Waals surface area contributed by atoms with E-state index in [9.17, 15) is 9.59 Å². The number of hydrogen-bond donors (Lipinski definition) is 2. The number of carbonyl (C=O) groups is 2. The van der Waals surface area contributed by atoms with Gasteiger partial charge in [-0.1, -0.05) is 0 Å². The van der Waals surface area contributed by atoms with Gasteiger partial charge in [-0.2, -0.15) is 0 Å². The monoisotopic (exact) mass is 391 g/mol. The molecule has 1 aromatic carbocycles. The lowest BCUT2D eigenvalue weighted by atomic mass is 10.3. The van der Waals surface area contributed by atoms with E-state index in [-0.39, 0.29) is 18.2 Å². The smallest absolute Gasteiger partial charge is 0.330 e. The molecule has 10 heteroatoms. The number of aliphatic hydroxyl groups is 1. The Kier molecular flexibility index (Phi) is 5.67. The van der Waals surface area contributed by atoms with Crippen LogP contribution in [0.3, 0.4) is 0 Å². The van der Waals surface area contributed by atoms with Gasteiger partial charge < -0.3 is 24.3 Å². The van der Waals surface area contributed by atoms with Crippen molar-refractivity contribution >= 4 is 33.4 Å². The van der Waals surface area contributed by atoms with Crippen LogP contribution in [0.2, 0.25) is 0 Å². The van der Waals surface area contributed by atoms with Crippen molar-refractivity contribution in [2.45, 2.75) is 19.6 Å². The standard InChI is InChI=1S/C17H17N3O6S/c1-9-18-11-5-10(3-4-14(11)27-9)25-8-15-19-13(7-26-15)16(22)20-12(6-21)17(23)24-2/h3-5,7,12,21H,6,8H2,1-2H3,(H,20,22)/t12-/m1/s1. The van der Waals surface area contributed by atoms with Crippen LogP contribution in [-0.2, 0) is 16.1 Å². The van der Waals surface area contributed by atoms with Crippen LogP contribution in [0, 0.1) is 6.92 Å². The van der Waals surface area contributed by atoms with Crippen molar-refractivity contribution in [3.8, 4) is 5.75 Å². The highest BCUT2D eigenvalue weighted by Crippen LogP contribution is 2.25. The highest BCUT2D eigenvalue weighted by Gasteiger charge is 2.23. The molecule has 1 atom stereocenters. The van der Waals surface area contributed by atoms with Crippen molar-refractivity contribution in [2.24, 2.45) is 0 Å². The molecule has 2 heterocycles. The molecule has 27 heavy (non-hydrogen) atoms. The maximum atomic E-state index is 12.1. The van der Waals surface area contributed by atoms with Gasteiger partial charge in [-0.05, 0) is 19.1 Å². The van der Waals surface area contributed by atoms with E-state index < -0.39 is 24.5 Å². The number of oxazole rings is 1. The summed E-state index contributed by atoms with van der Waals surface area (Å²) >= 11 is 1.60. The number of thiazole rings is 1. The van der Waals surface area contributed by atoms with Gasteiger partial charge in [0.05, 0.1) is 28.9 Å². The van der Waals surface area contributed by atoms with Gasteiger partial charge >= 0.3 is 5.97 Å². The van der Waals surface area contributed by atoms with Gasteiger partial charge in [-0.3, -0.25) is 4.79 Å². The van der Waals surface area contributed by atoms with E-state index in [2.05, 4.69) is 20.0 Å². The average molecular weight is 391 g/mol. The number of amides is 1. The normalized spacial score (nSPS) is 12.0. The number of fused-ring (bicyclic) bond motifs is 1. The minimum Gasteiger partial charge on any atom is -0.484 e. The number of aryl methyl sites for hydroxylation is 1. The molecule has 0 unspecified atom stereocenters. The molecule has 0 aliphatic rings. The van der Waals surface area contributed by atoms with Gasteiger partial charge in [-0.15, -0.1) is 11.3 Å². The maximum absolute atomic E-state index is 12.1. The summed E-state index contributed by atoms with van der Waals surface area (Å²) in [6, 6.07) is 4.38. The molecule has 0 fully saturated rings. The third-order valence-corrected chi connectivity index (χ3v) is 4.54. The zero-order valence-corrected chi connectivity index (χ0v) is 15.4. The molecule has 0 saturated carbocycles. The highest BCUT2D eigenvalue weighted by molar-refractivity contribution is 7.18. The average Bonchev–Trinajstić information content (AvgIpc) is 3.28. The number of aromatic nitrogens is 2. The lowest BCUT2D eigenvalue weighted by Gasteiger charge is -2.12. The molecule has 0 bridgehead atoms. The number of carbonyl (C=O) groups excluding carboxylic acids is 2. The molecule has 2 N–H and O–H groups in total. The summed E-state index contributed by atoms with van der Waals surface area (Å²) in [6.45, 7) is 1.36. The fraction of sp³-hybridized carbons (Fsp3) is 0.294. The Balaban J connectivity index is 1.61. The van der Waals surface area contributed by atoms with Crippen LogP contribution in [0.15, 0.2) is 28.9 Å². The van der Waals surface area contributed by atoms with E-state index in [0.29, 0.717) is 5.75 Å². The second-order valence-corrected chi connectivity index (χ2v) is 6.74. The van der Waals surface area contributed by atoms with E-state index in [1.54, 1.807) is 11.3 Å². The molecule has 0 spiro atoms. The predicted octanol–water partition coefficient (Wildman–Crippen LogP) is 1.44. The first kappa shape index (κ1) is 18.8. The first-order valence-corrected chi connectivity index (χ1v) is 8.75. The third kappa shape index (κ3) is 4.41. The van der Waals surface area contributed by atoms with Crippen LogP contribution < -0.4 is 10.1 Å². The molecule has 0 aliphatic heterocycles. The number of hydrogen-bond acceptors (Lipinski definition) is 9. The van der Waals surface area contributed by atoms with Crippen LogP contribution in [0.4, 0.5) is 0 Å². The van der Waals surface area contributed by atoms with Crippen molar-refractivity contribution in [3.63, 3.8) is 0 Å². The summed E-state index contributed by atoms with van der Waals surface area (Å²) in [5.41, 5.74) is 0.807. The fourth-order valence-electron chi connectivity index (χ4n) is 2.29.